The van der Waals surface area contributed by atoms with Gasteiger partial charge in [-0.3, -0.25) is 9.59 Å². The third-order valence-corrected chi connectivity index (χ3v) is 5.95. The minimum Gasteiger partial charge on any atom is -0.493 e. The van der Waals surface area contributed by atoms with Crippen molar-refractivity contribution in [2.75, 3.05) is 7.11 Å². The van der Waals surface area contributed by atoms with Gasteiger partial charge in [0.2, 0.25) is 5.82 Å². The lowest BCUT2D eigenvalue weighted by Crippen LogP contribution is -2.46. The van der Waals surface area contributed by atoms with E-state index in [4.69, 9.17) is 15.2 Å². The first-order valence-electron chi connectivity index (χ1n) is 9.41. The van der Waals surface area contributed by atoms with E-state index in [-0.39, 0.29) is 17.1 Å². The van der Waals surface area contributed by atoms with Gasteiger partial charge in [0.1, 0.15) is 17.5 Å². The molecule has 174 valence electrons. The number of amides is 1. The van der Waals surface area contributed by atoms with Crippen LogP contribution in [-0.2, 0) is 4.74 Å². The number of carbonyl (C=O) groups excluding carboxylic acids is 1. The van der Waals surface area contributed by atoms with Crippen LogP contribution in [0.4, 0.5) is 22.0 Å². The van der Waals surface area contributed by atoms with Crippen LogP contribution >= 0.6 is 0 Å². The first-order valence-corrected chi connectivity index (χ1v) is 9.41. The number of primary amides is 1. The van der Waals surface area contributed by atoms with E-state index in [2.05, 4.69) is 9.97 Å². The van der Waals surface area contributed by atoms with Crippen molar-refractivity contribution in [2.24, 2.45) is 11.7 Å². The summed E-state index contributed by atoms with van der Waals surface area (Å²) in [5.74, 6) is -7.20. The van der Waals surface area contributed by atoms with Gasteiger partial charge in [0, 0.05) is 17.4 Å². The number of aromatic amines is 1. The van der Waals surface area contributed by atoms with E-state index >= 15 is 0 Å². The monoisotopic (exact) mass is 461 g/mol. The molecular weight excluding hydrogens is 441 g/mol. The van der Waals surface area contributed by atoms with Crippen molar-refractivity contribution in [1.82, 2.24) is 9.97 Å². The lowest BCUT2D eigenvalue weighted by atomic mass is 9.77. The normalized spacial score (nSPS) is 25.7. The lowest BCUT2D eigenvalue weighted by molar-refractivity contribution is -0.275. The Balaban J connectivity index is 2.28. The number of ether oxygens (including phenoxy) is 2. The molecule has 1 aliphatic rings. The van der Waals surface area contributed by atoms with Gasteiger partial charge in [-0.25, -0.2) is 9.37 Å². The highest BCUT2D eigenvalue weighted by molar-refractivity contribution is 5.93. The Kier molecular flexibility index (Phi) is 5.79. The molecule has 0 unspecified atom stereocenters. The van der Waals surface area contributed by atoms with Gasteiger partial charge in [-0.2, -0.15) is 17.6 Å². The predicted octanol–water partition coefficient (Wildman–Crippen LogP) is 3.28. The third kappa shape index (κ3) is 3.51. The summed E-state index contributed by atoms with van der Waals surface area (Å²) in [4.78, 5) is 30.1. The fraction of sp³-hybridized carbons (Fsp3) is 0.450. The second-order valence-electron chi connectivity index (χ2n) is 7.72. The molecule has 7 nitrogen and oxygen atoms in total. The van der Waals surface area contributed by atoms with Gasteiger partial charge >= 0.3 is 6.18 Å². The van der Waals surface area contributed by atoms with Crippen LogP contribution in [-0.4, -0.2) is 34.8 Å². The quantitative estimate of drug-likeness (QED) is 0.680. The number of hydrogen-bond donors (Lipinski definition) is 2. The largest absolute Gasteiger partial charge is 0.493 e. The SMILES string of the molecule is COc1c([C@H]2[C@H](c3nc(C)c(C(N)=O)c(=O)[nH]3)O[C@@](C)(C(F)(F)F)[C@H]2C)ccc(F)c1F. The van der Waals surface area contributed by atoms with E-state index < -0.39 is 64.1 Å². The van der Waals surface area contributed by atoms with Crippen LogP contribution in [0, 0.1) is 24.5 Å². The van der Waals surface area contributed by atoms with Crippen molar-refractivity contribution in [1.29, 1.82) is 0 Å². The number of aromatic nitrogens is 2. The number of carbonyl (C=O) groups is 1. The number of methoxy groups -OCH3 is 1. The number of nitrogens with two attached hydrogens (primary N) is 1. The fourth-order valence-corrected chi connectivity index (χ4v) is 4.08. The van der Waals surface area contributed by atoms with Crippen LogP contribution in [0.2, 0.25) is 0 Å². The molecule has 2 aromatic rings. The second kappa shape index (κ2) is 7.84. The minimum absolute atomic E-state index is 0.101. The molecule has 4 atom stereocenters. The Morgan fingerprint density at radius 3 is 2.44 bits per heavy atom. The lowest BCUT2D eigenvalue weighted by Gasteiger charge is -2.32. The van der Waals surface area contributed by atoms with Gasteiger partial charge in [0.25, 0.3) is 11.5 Å². The second-order valence-corrected chi connectivity index (χ2v) is 7.72. The van der Waals surface area contributed by atoms with E-state index in [0.717, 1.165) is 26.2 Å². The van der Waals surface area contributed by atoms with Crippen LogP contribution in [0.15, 0.2) is 16.9 Å². The number of H-pyrrole nitrogens is 1. The van der Waals surface area contributed by atoms with E-state index in [0.29, 0.717) is 0 Å². The Hall–Kier alpha value is -3.02. The number of hydrogen-bond acceptors (Lipinski definition) is 5. The molecule has 1 fully saturated rings. The number of aryl methyl sites for hydroxylation is 1. The molecule has 1 saturated heterocycles. The smallest absolute Gasteiger partial charge is 0.417 e. The highest BCUT2D eigenvalue weighted by Crippen LogP contribution is 2.59. The maximum absolute atomic E-state index is 14.4. The van der Waals surface area contributed by atoms with Crippen molar-refractivity contribution in [3.8, 4) is 5.75 Å². The number of nitrogens with one attached hydrogen (secondary N) is 1. The van der Waals surface area contributed by atoms with Gasteiger partial charge < -0.3 is 20.2 Å². The molecule has 0 aliphatic carbocycles. The highest BCUT2D eigenvalue weighted by atomic mass is 19.4. The van der Waals surface area contributed by atoms with Crippen molar-refractivity contribution < 1.29 is 36.2 Å². The van der Waals surface area contributed by atoms with E-state index in [9.17, 15) is 31.5 Å². The zero-order chi connectivity index (χ0) is 24.2. The zero-order valence-corrected chi connectivity index (χ0v) is 17.4. The fourth-order valence-electron chi connectivity index (χ4n) is 4.08. The van der Waals surface area contributed by atoms with Crippen LogP contribution in [0.5, 0.6) is 5.75 Å². The number of benzene rings is 1. The van der Waals surface area contributed by atoms with Crippen molar-refractivity contribution in [2.45, 2.75) is 44.6 Å². The maximum atomic E-state index is 14.4. The summed E-state index contributed by atoms with van der Waals surface area (Å²) < 4.78 is 80.4. The van der Waals surface area contributed by atoms with Crippen LogP contribution < -0.4 is 16.0 Å². The van der Waals surface area contributed by atoms with E-state index in [1.165, 1.54) is 13.8 Å². The van der Waals surface area contributed by atoms with Gasteiger partial charge in [-0.1, -0.05) is 13.0 Å². The molecule has 12 heteroatoms. The van der Waals surface area contributed by atoms with Crippen molar-refractivity contribution in [3.63, 3.8) is 0 Å². The Labute approximate surface area is 178 Å². The number of rotatable bonds is 4. The molecule has 3 N–H and O–H groups in total. The van der Waals surface area contributed by atoms with Crippen molar-refractivity contribution in [3.05, 3.63) is 56.8 Å². The summed E-state index contributed by atoms with van der Waals surface area (Å²) in [6.45, 7) is 3.34. The zero-order valence-electron chi connectivity index (χ0n) is 17.4. The Morgan fingerprint density at radius 2 is 1.94 bits per heavy atom. The molecular formula is C20H20F5N3O4. The number of halogens is 5. The minimum atomic E-state index is -4.85. The molecule has 1 aliphatic heterocycles. The van der Waals surface area contributed by atoms with Crippen LogP contribution in [0.1, 0.15) is 53.3 Å². The Bertz CT molecular complexity index is 1130. The van der Waals surface area contributed by atoms with Crippen molar-refractivity contribution >= 4 is 5.91 Å². The standard InChI is InChI=1S/C20H20F5N3O4/c1-7-11(9-5-6-10(21)13(22)14(9)31-4)15(32-19(7,3)20(23,24)25)17-27-8(2)12(16(26)29)18(30)28-17/h5-7,11,15H,1-4H3,(H2,26,29)(H,27,28,30)/t7-,11-,15+,19+/m0/s1. The molecule has 3 rings (SSSR count). The molecule has 0 bridgehead atoms. The summed E-state index contributed by atoms with van der Waals surface area (Å²) in [7, 11) is 1.05. The van der Waals surface area contributed by atoms with Gasteiger partial charge in [-0.15, -0.1) is 0 Å². The first-order chi connectivity index (χ1) is 14.7. The van der Waals surface area contributed by atoms with Gasteiger partial charge in [-0.05, 0) is 19.9 Å². The average Bonchev–Trinajstić information content (AvgIpc) is 2.95. The molecule has 1 aromatic carbocycles. The van der Waals surface area contributed by atoms with Gasteiger partial charge in [0.05, 0.1) is 12.8 Å². The molecule has 0 spiro atoms. The average molecular weight is 461 g/mol. The summed E-state index contributed by atoms with van der Waals surface area (Å²) in [6, 6.07) is 1.86. The molecule has 0 radical (unpaired) electrons. The van der Waals surface area contributed by atoms with Gasteiger partial charge in [0.15, 0.2) is 17.2 Å². The molecule has 1 amide bonds. The molecule has 32 heavy (non-hydrogen) atoms. The first kappa shape index (κ1) is 23.6. The summed E-state index contributed by atoms with van der Waals surface area (Å²) in [5, 5.41) is 0. The predicted molar refractivity (Wildman–Crippen MR) is 101 cm³/mol. The van der Waals surface area contributed by atoms with E-state index in [1.807, 2.05) is 0 Å². The molecule has 2 heterocycles. The van der Waals surface area contributed by atoms with E-state index in [1.54, 1.807) is 0 Å². The maximum Gasteiger partial charge on any atom is 0.417 e. The highest BCUT2D eigenvalue weighted by Gasteiger charge is 2.65. The number of nitrogens with zero attached hydrogens (tertiary/aromatic N) is 1. The Morgan fingerprint density at radius 1 is 1.31 bits per heavy atom. The summed E-state index contributed by atoms with van der Waals surface area (Å²) in [6.07, 6.45) is -6.39. The summed E-state index contributed by atoms with van der Waals surface area (Å²) >= 11 is 0. The third-order valence-electron chi connectivity index (χ3n) is 5.95. The van der Waals surface area contributed by atoms with Crippen LogP contribution in [0.25, 0.3) is 0 Å². The topological polar surface area (TPSA) is 107 Å². The number of alkyl halides is 3. The summed E-state index contributed by atoms with van der Waals surface area (Å²) in [5.41, 5.74) is 0.782. The molecule has 0 saturated carbocycles. The molecule has 1 aromatic heterocycles. The van der Waals surface area contributed by atoms with Crippen LogP contribution in [0.3, 0.4) is 0 Å².